The van der Waals surface area contributed by atoms with Crippen molar-refractivity contribution in [1.82, 2.24) is 0 Å². The second kappa shape index (κ2) is 5.11. The molecule has 15 heavy (non-hydrogen) atoms. The molecule has 0 saturated heterocycles. The highest BCUT2D eigenvalue weighted by Gasteiger charge is 2.27. The van der Waals surface area contributed by atoms with Gasteiger partial charge >= 0.3 is 5.97 Å². The molecule has 0 aliphatic rings. The van der Waals surface area contributed by atoms with E-state index >= 15 is 0 Å². The van der Waals surface area contributed by atoms with Crippen LogP contribution in [0.2, 0.25) is 0 Å². The van der Waals surface area contributed by atoms with Crippen molar-refractivity contribution in [2.45, 2.75) is 12.1 Å². The lowest BCUT2D eigenvalue weighted by atomic mass is 10.0. The monoisotopic (exact) mass is 209 g/mol. The van der Waals surface area contributed by atoms with E-state index in [0.717, 1.165) is 0 Å². The van der Waals surface area contributed by atoms with Gasteiger partial charge in [0, 0.05) is 0 Å². The normalized spacial score (nSPS) is 13.9. The zero-order chi connectivity index (χ0) is 11.3. The second-order valence-corrected chi connectivity index (χ2v) is 2.93. The van der Waals surface area contributed by atoms with E-state index in [1.54, 1.807) is 30.3 Å². The topological polar surface area (TPSA) is 89.6 Å². The molecule has 80 valence electrons. The fraction of sp³-hybridized carbons (Fsp3) is 0.200. The van der Waals surface area contributed by atoms with Gasteiger partial charge in [0.1, 0.15) is 0 Å². The molecule has 1 rings (SSSR count). The molecule has 5 nitrogen and oxygen atoms in total. The number of hydrogen-bond donors (Lipinski definition) is 2. The molecule has 2 atom stereocenters. The molecule has 0 heterocycles. The quantitative estimate of drug-likeness (QED) is 0.681. The Labute approximate surface area is 86.5 Å². The number of carboxylic acid groups (broad SMARTS) is 1. The number of carbonyl (C=O) groups is 2. The fourth-order valence-electron chi connectivity index (χ4n) is 1.21. The van der Waals surface area contributed by atoms with Crippen LogP contribution < -0.4 is 5.73 Å². The van der Waals surface area contributed by atoms with Gasteiger partial charge in [-0.1, -0.05) is 30.3 Å². The maximum absolute atomic E-state index is 10.7. The number of ether oxygens (including phenoxy) is 1. The third-order valence-corrected chi connectivity index (χ3v) is 1.96. The van der Waals surface area contributed by atoms with E-state index in [1.165, 1.54) is 0 Å². The molecule has 1 aromatic carbocycles. The summed E-state index contributed by atoms with van der Waals surface area (Å²) in [5.74, 6) is -1.27. The number of rotatable bonds is 5. The predicted octanol–water partition coefficient (Wildman–Crippen LogP) is 0.313. The van der Waals surface area contributed by atoms with Crippen LogP contribution >= 0.6 is 0 Å². The Morgan fingerprint density at radius 1 is 1.40 bits per heavy atom. The summed E-state index contributed by atoms with van der Waals surface area (Å²) in [4.78, 5) is 20.9. The van der Waals surface area contributed by atoms with Gasteiger partial charge in [-0.25, -0.2) is 4.79 Å². The Balaban J connectivity index is 2.85. The summed E-state index contributed by atoms with van der Waals surface area (Å²) in [5.41, 5.74) is 6.26. The molecule has 0 radical (unpaired) electrons. The summed E-state index contributed by atoms with van der Waals surface area (Å²) in [6.45, 7) is 0.0849. The van der Waals surface area contributed by atoms with Gasteiger partial charge in [0.05, 0.1) is 6.04 Å². The largest absolute Gasteiger partial charge is 0.478 e. The third-order valence-electron chi connectivity index (χ3n) is 1.96. The van der Waals surface area contributed by atoms with Gasteiger partial charge in [-0.2, -0.15) is 0 Å². The van der Waals surface area contributed by atoms with Crippen LogP contribution in [-0.2, 0) is 14.3 Å². The van der Waals surface area contributed by atoms with Crippen LogP contribution in [0.25, 0.3) is 0 Å². The summed E-state index contributed by atoms with van der Waals surface area (Å²) < 4.78 is 4.41. The second-order valence-electron chi connectivity index (χ2n) is 2.93. The number of carbonyl (C=O) groups excluding carboxylic acids is 1. The molecule has 0 aliphatic carbocycles. The minimum Gasteiger partial charge on any atom is -0.478 e. The highest BCUT2D eigenvalue weighted by Crippen LogP contribution is 2.15. The number of benzene rings is 1. The number of carboxylic acids is 1. The summed E-state index contributed by atoms with van der Waals surface area (Å²) in [6, 6.07) is 7.73. The molecular weight excluding hydrogens is 198 g/mol. The van der Waals surface area contributed by atoms with Crippen molar-refractivity contribution in [2.24, 2.45) is 5.73 Å². The molecule has 0 spiro atoms. The van der Waals surface area contributed by atoms with Crippen molar-refractivity contribution < 1.29 is 19.4 Å². The average molecular weight is 209 g/mol. The minimum absolute atomic E-state index is 0.0849. The maximum atomic E-state index is 10.7. The first-order chi connectivity index (χ1) is 7.16. The lowest BCUT2D eigenvalue weighted by Crippen LogP contribution is -2.35. The van der Waals surface area contributed by atoms with Crippen LogP contribution in [-0.4, -0.2) is 23.7 Å². The Kier molecular flexibility index (Phi) is 3.82. The predicted molar refractivity (Wildman–Crippen MR) is 51.9 cm³/mol. The first kappa shape index (κ1) is 11.2. The molecule has 0 aliphatic heterocycles. The lowest BCUT2D eigenvalue weighted by Gasteiger charge is -2.18. The van der Waals surface area contributed by atoms with E-state index < -0.39 is 18.1 Å². The first-order valence-corrected chi connectivity index (χ1v) is 4.29. The van der Waals surface area contributed by atoms with Crippen molar-refractivity contribution in [3.63, 3.8) is 0 Å². The summed E-state index contributed by atoms with van der Waals surface area (Å²) >= 11 is 0. The van der Waals surface area contributed by atoms with Crippen molar-refractivity contribution >= 4 is 12.4 Å². The number of aliphatic carboxylic acids is 1. The van der Waals surface area contributed by atoms with Gasteiger partial charge in [-0.05, 0) is 5.56 Å². The van der Waals surface area contributed by atoms with E-state index in [0.29, 0.717) is 5.56 Å². The van der Waals surface area contributed by atoms with Crippen LogP contribution in [0.4, 0.5) is 0 Å². The molecule has 5 heteroatoms. The van der Waals surface area contributed by atoms with Crippen molar-refractivity contribution in [3.8, 4) is 0 Å². The van der Waals surface area contributed by atoms with Crippen LogP contribution in [0, 0.1) is 0 Å². The Hall–Kier alpha value is -1.88. The lowest BCUT2D eigenvalue weighted by molar-refractivity contribution is -0.157. The van der Waals surface area contributed by atoms with E-state index in [4.69, 9.17) is 10.8 Å². The first-order valence-electron chi connectivity index (χ1n) is 4.29. The van der Waals surface area contributed by atoms with E-state index in [1.807, 2.05) is 0 Å². The molecule has 0 aromatic heterocycles. The van der Waals surface area contributed by atoms with Gasteiger partial charge in [-0.15, -0.1) is 0 Å². The molecule has 0 bridgehead atoms. The third kappa shape index (κ3) is 2.78. The van der Waals surface area contributed by atoms with Crippen molar-refractivity contribution in [3.05, 3.63) is 35.9 Å². The SMILES string of the molecule is N[C@@H](c1ccccc1)[C@@H](OC=O)C(=O)O. The van der Waals surface area contributed by atoms with Gasteiger partial charge in [0.15, 0.2) is 0 Å². The van der Waals surface area contributed by atoms with Crippen LogP contribution in [0.1, 0.15) is 11.6 Å². The molecule has 1 aromatic rings. The zero-order valence-corrected chi connectivity index (χ0v) is 7.87. The molecular formula is C10H11NO4. The molecule has 0 fully saturated rings. The zero-order valence-electron chi connectivity index (χ0n) is 7.87. The number of hydrogen-bond acceptors (Lipinski definition) is 4. The van der Waals surface area contributed by atoms with Crippen LogP contribution in [0.5, 0.6) is 0 Å². The van der Waals surface area contributed by atoms with Gasteiger partial charge < -0.3 is 15.6 Å². The summed E-state index contributed by atoms with van der Waals surface area (Å²) in [6.07, 6.45) is -1.36. The standard InChI is InChI=1S/C10H11NO4/c11-8(7-4-2-1-3-5-7)9(10(13)14)15-6-12/h1-6,8-9H,11H2,(H,13,14)/t8-,9+/m0/s1. The van der Waals surface area contributed by atoms with Gasteiger partial charge in [0.25, 0.3) is 6.47 Å². The van der Waals surface area contributed by atoms with Gasteiger partial charge in [0.2, 0.25) is 6.10 Å². The molecule has 3 N–H and O–H groups in total. The molecule has 0 saturated carbocycles. The molecule has 0 unspecified atom stereocenters. The van der Waals surface area contributed by atoms with Crippen molar-refractivity contribution in [2.75, 3.05) is 0 Å². The maximum Gasteiger partial charge on any atom is 0.347 e. The smallest absolute Gasteiger partial charge is 0.347 e. The van der Waals surface area contributed by atoms with Crippen LogP contribution in [0.3, 0.4) is 0 Å². The molecule has 0 amide bonds. The van der Waals surface area contributed by atoms with Crippen molar-refractivity contribution in [1.29, 1.82) is 0 Å². The Morgan fingerprint density at radius 2 is 2.00 bits per heavy atom. The van der Waals surface area contributed by atoms with E-state index in [9.17, 15) is 9.59 Å². The Morgan fingerprint density at radius 3 is 2.47 bits per heavy atom. The minimum atomic E-state index is -1.36. The van der Waals surface area contributed by atoms with E-state index in [-0.39, 0.29) is 6.47 Å². The summed E-state index contributed by atoms with van der Waals surface area (Å²) in [7, 11) is 0. The number of nitrogens with two attached hydrogens (primary N) is 1. The van der Waals surface area contributed by atoms with Gasteiger partial charge in [-0.3, -0.25) is 4.79 Å². The highest BCUT2D eigenvalue weighted by atomic mass is 16.5. The van der Waals surface area contributed by atoms with E-state index in [2.05, 4.69) is 4.74 Å². The van der Waals surface area contributed by atoms with Crippen LogP contribution in [0.15, 0.2) is 30.3 Å². The summed E-state index contributed by atoms with van der Waals surface area (Å²) in [5, 5.41) is 8.77. The Bertz CT molecular complexity index is 339. The average Bonchev–Trinajstić information content (AvgIpc) is 2.26. The highest BCUT2D eigenvalue weighted by molar-refractivity contribution is 5.75. The fourth-order valence-corrected chi connectivity index (χ4v) is 1.21.